The van der Waals surface area contributed by atoms with E-state index in [0.717, 1.165) is 82.3 Å². The number of benzene rings is 9. The van der Waals surface area contributed by atoms with Crippen molar-refractivity contribution in [2.45, 2.75) is 0 Å². The standard InChI is InChI=1S/C58H34N6O/c59-35-40-32-47(58-61-56(37-19-7-2-8-20-37)60-57(62-58)38-21-9-3-10-22-38)53-43-26-14-16-28-52(43)65-55(53)54(40)64-49-30-29-39(36-17-5-1-6-18-36)31-44(49)46-33-45-42-25-13-15-27-48(42)63(50(45)34-51(46)64)41-23-11-4-12-24-41/h1-34H. The molecular weight excluding hydrogens is 797 g/mol. The minimum absolute atomic E-state index is 0.420. The van der Waals surface area contributed by atoms with E-state index in [1.165, 1.54) is 0 Å². The second-order valence-corrected chi connectivity index (χ2v) is 16.3. The summed E-state index contributed by atoms with van der Waals surface area (Å²) in [5, 5.41) is 17.6. The summed E-state index contributed by atoms with van der Waals surface area (Å²) in [7, 11) is 0. The molecule has 302 valence electrons. The molecule has 0 atom stereocenters. The van der Waals surface area contributed by atoms with E-state index < -0.39 is 0 Å². The van der Waals surface area contributed by atoms with Crippen LogP contribution >= 0.6 is 0 Å². The third-order valence-corrected chi connectivity index (χ3v) is 12.6. The Bertz CT molecular complexity index is 3990. The molecule has 0 amide bonds. The Balaban J connectivity index is 1.17. The molecule has 0 aliphatic rings. The van der Waals surface area contributed by atoms with Crippen LogP contribution in [0.4, 0.5) is 0 Å². The van der Waals surface area contributed by atoms with Gasteiger partial charge >= 0.3 is 0 Å². The number of fused-ring (bicyclic) bond motifs is 9. The van der Waals surface area contributed by atoms with E-state index in [0.29, 0.717) is 45.5 Å². The number of hydrogen-bond donors (Lipinski definition) is 0. The normalized spacial score (nSPS) is 11.7. The molecule has 13 rings (SSSR count). The molecule has 7 nitrogen and oxygen atoms in total. The van der Waals surface area contributed by atoms with E-state index >= 15 is 0 Å². The number of para-hydroxylation sites is 3. The molecule has 7 heteroatoms. The minimum Gasteiger partial charge on any atom is -0.454 e. The first-order valence-corrected chi connectivity index (χ1v) is 21.6. The van der Waals surface area contributed by atoms with Gasteiger partial charge in [-0.25, -0.2) is 15.0 Å². The third kappa shape index (κ3) is 5.71. The fraction of sp³-hybridized carbons (Fsp3) is 0. The zero-order valence-corrected chi connectivity index (χ0v) is 34.7. The van der Waals surface area contributed by atoms with E-state index in [1.54, 1.807) is 0 Å². The monoisotopic (exact) mass is 830 g/mol. The maximum Gasteiger partial charge on any atom is 0.164 e. The van der Waals surface area contributed by atoms with Crippen molar-refractivity contribution in [2.75, 3.05) is 0 Å². The van der Waals surface area contributed by atoms with E-state index in [4.69, 9.17) is 19.4 Å². The van der Waals surface area contributed by atoms with Crippen LogP contribution in [0.5, 0.6) is 0 Å². The molecular formula is C58H34N6O. The smallest absolute Gasteiger partial charge is 0.164 e. The fourth-order valence-corrected chi connectivity index (χ4v) is 9.69. The lowest BCUT2D eigenvalue weighted by molar-refractivity contribution is 0.666. The fourth-order valence-electron chi connectivity index (χ4n) is 9.69. The van der Waals surface area contributed by atoms with Crippen molar-refractivity contribution in [1.82, 2.24) is 24.1 Å². The molecule has 0 aliphatic carbocycles. The van der Waals surface area contributed by atoms with Crippen molar-refractivity contribution < 1.29 is 4.42 Å². The van der Waals surface area contributed by atoms with Crippen LogP contribution in [0.3, 0.4) is 0 Å². The van der Waals surface area contributed by atoms with Crippen LogP contribution in [-0.2, 0) is 0 Å². The number of hydrogen-bond acceptors (Lipinski definition) is 5. The van der Waals surface area contributed by atoms with Crippen LogP contribution in [0.2, 0.25) is 0 Å². The molecule has 0 N–H and O–H groups in total. The molecule has 13 aromatic rings. The molecule has 9 aromatic carbocycles. The first-order chi connectivity index (χ1) is 32.2. The highest BCUT2D eigenvalue weighted by Gasteiger charge is 2.27. The quantitative estimate of drug-likeness (QED) is 0.167. The minimum atomic E-state index is 0.420. The van der Waals surface area contributed by atoms with Gasteiger partial charge in [-0.05, 0) is 65.7 Å². The summed E-state index contributed by atoms with van der Waals surface area (Å²) in [5.41, 5.74) is 12.1. The van der Waals surface area contributed by atoms with Crippen LogP contribution in [-0.4, -0.2) is 24.1 Å². The lowest BCUT2D eigenvalue weighted by Gasteiger charge is -2.15. The van der Waals surface area contributed by atoms with Gasteiger partial charge in [0.2, 0.25) is 0 Å². The van der Waals surface area contributed by atoms with Crippen molar-refractivity contribution in [1.29, 1.82) is 5.26 Å². The van der Waals surface area contributed by atoms with E-state index in [1.807, 2.05) is 97.1 Å². The Morgan fingerprint density at radius 3 is 1.63 bits per heavy atom. The first-order valence-electron chi connectivity index (χ1n) is 21.6. The van der Waals surface area contributed by atoms with Crippen LogP contribution in [0.25, 0.3) is 122 Å². The lowest BCUT2D eigenvalue weighted by Crippen LogP contribution is -2.03. The van der Waals surface area contributed by atoms with Crippen LogP contribution in [0, 0.1) is 11.3 Å². The zero-order chi connectivity index (χ0) is 43.0. The van der Waals surface area contributed by atoms with Crippen molar-refractivity contribution >= 4 is 65.6 Å². The summed E-state index contributed by atoms with van der Waals surface area (Å²) in [4.78, 5) is 15.3. The second kappa shape index (κ2) is 14.5. The zero-order valence-electron chi connectivity index (χ0n) is 34.7. The van der Waals surface area contributed by atoms with Gasteiger partial charge in [-0.15, -0.1) is 0 Å². The van der Waals surface area contributed by atoms with Crippen molar-refractivity contribution in [3.05, 3.63) is 212 Å². The molecule has 0 aliphatic heterocycles. The van der Waals surface area contributed by atoms with Crippen LogP contribution < -0.4 is 0 Å². The lowest BCUT2D eigenvalue weighted by atomic mass is 10.00. The van der Waals surface area contributed by atoms with Crippen LogP contribution in [0.1, 0.15) is 5.56 Å². The molecule has 0 radical (unpaired) electrons. The first kappa shape index (κ1) is 36.5. The molecule has 65 heavy (non-hydrogen) atoms. The van der Waals surface area contributed by atoms with E-state index in [-0.39, 0.29) is 0 Å². The predicted molar refractivity (Wildman–Crippen MR) is 262 cm³/mol. The number of nitrogens with zero attached hydrogens (tertiary/aromatic N) is 6. The topological polar surface area (TPSA) is 85.5 Å². The van der Waals surface area contributed by atoms with Gasteiger partial charge in [0.1, 0.15) is 17.3 Å². The van der Waals surface area contributed by atoms with Crippen molar-refractivity contribution in [2.24, 2.45) is 0 Å². The number of rotatable bonds is 6. The van der Waals surface area contributed by atoms with Gasteiger partial charge < -0.3 is 13.6 Å². The Morgan fingerprint density at radius 1 is 0.400 bits per heavy atom. The Morgan fingerprint density at radius 2 is 0.938 bits per heavy atom. The molecule has 0 fully saturated rings. The van der Waals surface area contributed by atoms with Gasteiger partial charge in [0.05, 0.1) is 27.6 Å². The van der Waals surface area contributed by atoms with Gasteiger partial charge in [-0.2, -0.15) is 5.26 Å². The summed E-state index contributed by atoms with van der Waals surface area (Å²) >= 11 is 0. The van der Waals surface area contributed by atoms with Crippen molar-refractivity contribution in [3.63, 3.8) is 0 Å². The van der Waals surface area contributed by atoms with Gasteiger partial charge in [0.25, 0.3) is 0 Å². The Labute approximate surface area is 372 Å². The molecule has 0 saturated heterocycles. The highest BCUT2D eigenvalue weighted by Crippen LogP contribution is 2.46. The Hall–Kier alpha value is -9.12. The van der Waals surface area contributed by atoms with Gasteiger partial charge in [-0.3, -0.25) is 0 Å². The van der Waals surface area contributed by atoms with Gasteiger partial charge in [-0.1, -0.05) is 152 Å². The van der Waals surface area contributed by atoms with E-state index in [9.17, 15) is 5.26 Å². The molecule has 0 saturated carbocycles. The summed E-state index contributed by atoms with van der Waals surface area (Å²) in [5.74, 6) is 1.51. The summed E-state index contributed by atoms with van der Waals surface area (Å²) in [6, 6.07) is 73.3. The summed E-state index contributed by atoms with van der Waals surface area (Å²) < 4.78 is 11.6. The van der Waals surface area contributed by atoms with Crippen molar-refractivity contribution in [3.8, 4) is 62.7 Å². The SMILES string of the molecule is N#Cc1cc(-c2nc(-c3ccccc3)nc(-c3ccccc3)n2)c2c(oc3ccccc32)c1-n1c2ccc(-c3ccccc3)cc2c2cc3c4ccccc4n(-c4ccccc4)c3cc21. The average molecular weight is 831 g/mol. The number of nitriles is 1. The molecule has 4 aromatic heterocycles. The van der Waals surface area contributed by atoms with Gasteiger partial charge in [0.15, 0.2) is 23.1 Å². The molecule has 0 spiro atoms. The predicted octanol–water partition coefficient (Wildman–Crippen LogP) is 14.5. The highest BCUT2D eigenvalue weighted by molar-refractivity contribution is 6.21. The van der Waals surface area contributed by atoms with Crippen LogP contribution in [0.15, 0.2) is 211 Å². The number of furan rings is 1. The summed E-state index contributed by atoms with van der Waals surface area (Å²) in [6.07, 6.45) is 0. The second-order valence-electron chi connectivity index (χ2n) is 16.3. The molecule has 4 heterocycles. The van der Waals surface area contributed by atoms with E-state index in [2.05, 4.69) is 124 Å². The molecule has 0 bridgehead atoms. The Kier molecular flexibility index (Phi) is 8.14. The number of aromatic nitrogens is 5. The maximum atomic E-state index is 11.4. The van der Waals surface area contributed by atoms with Gasteiger partial charge in [0, 0.05) is 54.7 Å². The maximum absolute atomic E-state index is 11.4. The largest absolute Gasteiger partial charge is 0.454 e. The third-order valence-electron chi connectivity index (χ3n) is 12.6. The average Bonchev–Trinajstić information content (AvgIpc) is 4.03. The molecule has 0 unspecified atom stereocenters. The summed E-state index contributed by atoms with van der Waals surface area (Å²) in [6.45, 7) is 0. The highest BCUT2D eigenvalue weighted by atomic mass is 16.3.